The van der Waals surface area contributed by atoms with Gasteiger partial charge in [-0.3, -0.25) is 9.59 Å². The van der Waals surface area contributed by atoms with Gasteiger partial charge in [-0.15, -0.1) is 11.8 Å². The average molecular weight is 469 g/mol. The van der Waals surface area contributed by atoms with Gasteiger partial charge in [-0.1, -0.05) is 41.9 Å². The highest BCUT2D eigenvalue weighted by Gasteiger charge is 2.14. The number of anilines is 2. The lowest BCUT2D eigenvalue weighted by Gasteiger charge is -2.10. The second-order valence-electron chi connectivity index (χ2n) is 6.70. The summed E-state index contributed by atoms with van der Waals surface area (Å²) in [4.78, 5) is 36.6. The minimum absolute atomic E-state index is 0.147. The van der Waals surface area contributed by atoms with Crippen LogP contribution >= 0.6 is 23.4 Å². The van der Waals surface area contributed by atoms with Gasteiger partial charge in [0.1, 0.15) is 0 Å². The van der Waals surface area contributed by atoms with Crippen molar-refractivity contribution in [3.63, 3.8) is 0 Å². The zero-order valence-electron chi connectivity index (χ0n) is 17.3. The molecule has 32 heavy (non-hydrogen) atoms. The standard InChI is InChI=1S/C24H21ClN2O4S/c1-31-24(30)19-7-3-5-9-21(19)27-23(29)16-10-12-18(13-11-16)26-22(28)15-32-14-17-6-2-4-8-20(17)25/h2-13H,14-15H2,1H3,(H,26,28)(H,27,29). The van der Waals surface area contributed by atoms with Gasteiger partial charge in [-0.2, -0.15) is 0 Å². The third kappa shape index (κ3) is 6.35. The van der Waals surface area contributed by atoms with Crippen LogP contribution < -0.4 is 10.6 Å². The molecule has 0 bridgehead atoms. The molecule has 8 heteroatoms. The van der Waals surface area contributed by atoms with E-state index in [1.54, 1.807) is 48.5 Å². The molecule has 3 rings (SSSR count). The number of halogens is 1. The quantitative estimate of drug-likeness (QED) is 0.441. The Kier molecular flexibility index (Phi) is 8.30. The summed E-state index contributed by atoms with van der Waals surface area (Å²) in [6.07, 6.45) is 0. The van der Waals surface area contributed by atoms with Gasteiger partial charge in [0, 0.05) is 22.0 Å². The maximum absolute atomic E-state index is 12.5. The third-order valence-electron chi connectivity index (χ3n) is 4.46. The van der Waals surface area contributed by atoms with Gasteiger partial charge in [0.05, 0.1) is 24.1 Å². The zero-order chi connectivity index (χ0) is 22.9. The number of esters is 1. The summed E-state index contributed by atoms with van der Waals surface area (Å²) in [5.41, 5.74) is 2.57. The summed E-state index contributed by atoms with van der Waals surface area (Å²) in [6, 6.07) is 20.6. The van der Waals surface area contributed by atoms with E-state index in [4.69, 9.17) is 16.3 Å². The van der Waals surface area contributed by atoms with Crippen molar-refractivity contribution in [2.75, 3.05) is 23.5 Å². The molecule has 2 amide bonds. The Morgan fingerprint density at radius 3 is 2.31 bits per heavy atom. The fraction of sp³-hybridized carbons (Fsp3) is 0.125. The molecule has 0 fully saturated rings. The van der Waals surface area contributed by atoms with Crippen LogP contribution in [0.15, 0.2) is 72.8 Å². The van der Waals surface area contributed by atoms with E-state index < -0.39 is 5.97 Å². The molecule has 0 aromatic heterocycles. The van der Waals surface area contributed by atoms with Crippen LogP contribution in [-0.4, -0.2) is 30.6 Å². The van der Waals surface area contributed by atoms with Crippen molar-refractivity contribution in [3.05, 3.63) is 94.5 Å². The number of ether oxygens (including phenoxy) is 1. The van der Waals surface area contributed by atoms with Gasteiger partial charge in [0.25, 0.3) is 5.91 Å². The Hall–Kier alpha value is -3.29. The first-order chi connectivity index (χ1) is 15.5. The Bertz CT molecular complexity index is 1120. The number of para-hydroxylation sites is 1. The van der Waals surface area contributed by atoms with Gasteiger partial charge >= 0.3 is 5.97 Å². The van der Waals surface area contributed by atoms with Crippen molar-refractivity contribution in [1.29, 1.82) is 0 Å². The fourth-order valence-electron chi connectivity index (χ4n) is 2.85. The van der Waals surface area contributed by atoms with E-state index in [0.717, 1.165) is 5.56 Å². The lowest BCUT2D eigenvalue weighted by molar-refractivity contribution is -0.113. The highest BCUT2D eigenvalue weighted by molar-refractivity contribution is 7.99. The van der Waals surface area contributed by atoms with Crippen molar-refractivity contribution in [2.45, 2.75) is 5.75 Å². The molecule has 0 atom stereocenters. The molecule has 0 saturated carbocycles. The minimum Gasteiger partial charge on any atom is -0.465 e. The number of carbonyl (C=O) groups excluding carboxylic acids is 3. The molecule has 0 spiro atoms. The minimum atomic E-state index is -0.536. The number of hydrogen-bond donors (Lipinski definition) is 2. The monoisotopic (exact) mass is 468 g/mol. The van der Waals surface area contributed by atoms with Crippen LogP contribution in [0.25, 0.3) is 0 Å². The second-order valence-corrected chi connectivity index (χ2v) is 8.09. The first kappa shape index (κ1) is 23.4. The number of hydrogen-bond acceptors (Lipinski definition) is 5. The van der Waals surface area contributed by atoms with E-state index in [1.165, 1.54) is 18.9 Å². The van der Waals surface area contributed by atoms with Crippen LogP contribution in [-0.2, 0) is 15.3 Å². The first-order valence-corrected chi connectivity index (χ1v) is 11.2. The predicted octanol–water partition coefficient (Wildman–Crippen LogP) is 5.25. The van der Waals surface area contributed by atoms with E-state index in [9.17, 15) is 14.4 Å². The number of methoxy groups -OCH3 is 1. The van der Waals surface area contributed by atoms with Gasteiger partial charge in [0.2, 0.25) is 5.91 Å². The van der Waals surface area contributed by atoms with Gasteiger partial charge in [0.15, 0.2) is 0 Å². The lowest BCUT2D eigenvalue weighted by atomic mass is 10.1. The van der Waals surface area contributed by atoms with Crippen LogP contribution in [0, 0.1) is 0 Å². The fourth-order valence-corrected chi connectivity index (χ4v) is 3.96. The molecule has 0 heterocycles. The topological polar surface area (TPSA) is 84.5 Å². The molecule has 2 N–H and O–H groups in total. The summed E-state index contributed by atoms with van der Waals surface area (Å²) in [7, 11) is 1.28. The first-order valence-electron chi connectivity index (χ1n) is 9.67. The summed E-state index contributed by atoms with van der Waals surface area (Å²) in [5, 5.41) is 6.20. The summed E-state index contributed by atoms with van der Waals surface area (Å²) < 4.78 is 4.74. The highest BCUT2D eigenvalue weighted by Crippen LogP contribution is 2.21. The number of benzene rings is 3. The normalized spacial score (nSPS) is 10.3. The Morgan fingerprint density at radius 2 is 1.59 bits per heavy atom. The lowest BCUT2D eigenvalue weighted by Crippen LogP contribution is -2.16. The number of thioether (sulfide) groups is 1. The molecular formula is C24H21ClN2O4S. The number of rotatable bonds is 8. The molecule has 0 aliphatic rings. The number of carbonyl (C=O) groups is 3. The van der Waals surface area contributed by atoms with E-state index in [-0.39, 0.29) is 23.1 Å². The van der Waals surface area contributed by atoms with Crippen LogP contribution in [0.4, 0.5) is 11.4 Å². The Labute approximate surface area is 195 Å². The zero-order valence-corrected chi connectivity index (χ0v) is 18.8. The van der Waals surface area contributed by atoms with Crippen molar-refractivity contribution in [3.8, 4) is 0 Å². The summed E-state index contributed by atoms with van der Waals surface area (Å²) >= 11 is 7.59. The van der Waals surface area contributed by atoms with Crippen LogP contribution in [0.5, 0.6) is 0 Å². The molecule has 6 nitrogen and oxygen atoms in total. The number of amides is 2. The van der Waals surface area contributed by atoms with Gasteiger partial charge in [-0.05, 0) is 48.0 Å². The van der Waals surface area contributed by atoms with E-state index >= 15 is 0 Å². The molecule has 3 aromatic rings. The van der Waals surface area contributed by atoms with E-state index in [2.05, 4.69) is 10.6 Å². The third-order valence-corrected chi connectivity index (χ3v) is 5.81. The molecule has 0 aliphatic carbocycles. The smallest absolute Gasteiger partial charge is 0.339 e. The number of nitrogens with one attached hydrogen (secondary N) is 2. The van der Waals surface area contributed by atoms with Gasteiger partial charge in [-0.25, -0.2) is 4.79 Å². The summed E-state index contributed by atoms with van der Waals surface area (Å²) in [6.45, 7) is 0. The molecular weight excluding hydrogens is 448 g/mol. The molecule has 3 aromatic carbocycles. The van der Waals surface area contributed by atoms with E-state index in [1.807, 2.05) is 24.3 Å². The molecule has 0 radical (unpaired) electrons. The van der Waals surface area contributed by atoms with Crippen molar-refractivity contribution in [2.24, 2.45) is 0 Å². The highest BCUT2D eigenvalue weighted by atomic mass is 35.5. The van der Waals surface area contributed by atoms with Crippen molar-refractivity contribution < 1.29 is 19.1 Å². The Balaban J connectivity index is 1.53. The SMILES string of the molecule is COC(=O)c1ccccc1NC(=O)c1ccc(NC(=O)CSCc2ccccc2Cl)cc1. The maximum atomic E-state index is 12.5. The maximum Gasteiger partial charge on any atom is 0.339 e. The van der Waals surface area contributed by atoms with E-state index in [0.29, 0.717) is 27.7 Å². The Morgan fingerprint density at radius 1 is 0.906 bits per heavy atom. The van der Waals surface area contributed by atoms with Crippen LogP contribution in [0.2, 0.25) is 5.02 Å². The van der Waals surface area contributed by atoms with Crippen molar-refractivity contribution >= 4 is 52.5 Å². The summed E-state index contributed by atoms with van der Waals surface area (Å²) in [5.74, 6) is -0.149. The molecule has 0 aliphatic heterocycles. The van der Waals surface area contributed by atoms with Gasteiger partial charge < -0.3 is 15.4 Å². The average Bonchev–Trinajstić information content (AvgIpc) is 2.80. The molecule has 0 saturated heterocycles. The molecule has 0 unspecified atom stereocenters. The van der Waals surface area contributed by atoms with Crippen molar-refractivity contribution in [1.82, 2.24) is 0 Å². The predicted molar refractivity (Wildman–Crippen MR) is 128 cm³/mol. The van der Waals surface area contributed by atoms with Crippen LogP contribution in [0.3, 0.4) is 0 Å². The largest absolute Gasteiger partial charge is 0.465 e. The van der Waals surface area contributed by atoms with Crippen LogP contribution in [0.1, 0.15) is 26.3 Å². The second kappa shape index (κ2) is 11.4. The molecule has 164 valence electrons.